The second-order valence-corrected chi connectivity index (χ2v) is 15.8. The van der Waals surface area contributed by atoms with Crippen molar-refractivity contribution >= 4 is 46.6 Å². The maximum absolute atomic E-state index is 8.26. The molecule has 0 radical (unpaired) electrons. The van der Waals surface area contributed by atoms with E-state index in [1.807, 2.05) is 149 Å². The van der Waals surface area contributed by atoms with Crippen molar-refractivity contribution in [1.82, 2.24) is 0 Å². The normalized spacial score (nSPS) is 11.5. The lowest BCUT2D eigenvalue weighted by Gasteiger charge is -2.32. The summed E-state index contributed by atoms with van der Waals surface area (Å²) in [7, 11) is 7.12. The first-order valence-electron chi connectivity index (χ1n) is 20.5. The summed E-state index contributed by atoms with van der Waals surface area (Å²) in [5.74, 6) is 14.3. The molecule has 0 aliphatic rings. The van der Waals surface area contributed by atoms with E-state index < -0.39 is 10.8 Å². The highest BCUT2D eigenvalue weighted by atomic mass is 35.5. The molecule has 0 saturated carbocycles. The lowest BCUT2D eigenvalue weighted by atomic mass is 9.69. The summed E-state index contributed by atoms with van der Waals surface area (Å²) in [4.78, 5) is 3.23. The molecule has 16 heteroatoms. The Labute approximate surface area is 435 Å². The maximum Gasteiger partial charge on any atom is 1.00 e. The van der Waals surface area contributed by atoms with Crippen LogP contribution in [-0.2, 0) is 10.8 Å². The average Bonchev–Trinajstić information content (AvgIpc) is 3.29. The van der Waals surface area contributed by atoms with Crippen LogP contribution in [-0.4, -0.2) is 61.2 Å². The molecule has 14 N–H and O–H groups in total. The number of nitrogens with one attached hydrogen (secondary N) is 2. The van der Waals surface area contributed by atoms with Gasteiger partial charge in [0.25, 0.3) is 0 Å². The number of anilines is 2. The summed E-state index contributed by atoms with van der Waals surface area (Å²) in [6.07, 6.45) is 0. The van der Waals surface area contributed by atoms with Crippen molar-refractivity contribution in [2.45, 2.75) is 32.1 Å². The summed E-state index contributed by atoms with van der Waals surface area (Å²) in [5.41, 5.74) is 44.3. The molecule has 6 aromatic carbocycles. The van der Waals surface area contributed by atoms with Crippen LogP contribution in [0.15, 0.2) is 146 Å². The van der Waals surface area contributed by atoms with Gasteiger partial charge in [0, 0.05) is 25.5 Å². The number of nitrogens with zero attached hydrogens (tertiary/aromatic N) is 4. The quantitative estimate of drug-likeness (QED) is 0.0217. The molecule has 0 aliphatic carbocycles. The Morgan fingerprint density at radius 2 is 0.739 bits per heavy atom. The van der Waals surface area contributed by atoms with E-state index in [9.17, 15) is 0 Å². The molecule has 6 aromatic rings. The fourth-order valence-corrected chi connectivity index (χ4v) is 7.81. The number of rotatable bonds is 10. The van der Waals surface area contributed by atoms with Crippen LogP contribution in [0.2, 0.25) is 0 Å². The van der Waals surface area contributed by atoms with Crippen molar-refractivity contribution in [2.24, 2.45) is 34.4 Å². The van der Waals surface area contributed by atoms with E-state index in [4.69, 9.17) is 45.2 Å². The van der Waals surface area contributed by atoms with Crippen molar-refractivity contribution < 1.29 is 61.6 Å². The summed E-state index contributed by atoms with van der Waals surface area (Å²) >= 11 is 0. The first-order chi connectivity index (χ1) is 30.5. The predicted molar refractivity (Wildman–Crippen MR) is 271 cm³/mol. The van der Waals surface area contributed by atoms with E-state index in [0.717, 1.165) is 55.9 Å². The third kappa shape index (κ3) is 12.4. The van der Waals surface area contributed by atoms with Gasteiger partial charge < -0.3 is 70.9 Å². The molecular weight excluding hydrogens is 946 g/mol. The van der Waals surface area contributed by atoms with Crippen LogP contribution >= 0.6 is 0 Å². The number of halogens is 4. The van der Waals surface area contributed by atoms with Gasteiger partial charge in [-0.3, -0.25) is 33.8 Å². The van der Waals surface area contributed by atoms with Gasteiger partial charge in [-0.1, -0.05) is 127 Å². The van der Waals surface area contributed by atoms with Crippen LogP contribution in [0.4, 0.5) is 22.7 Å². The number of aryl methyl sites for hydroxylation is 2. The van der Waals surface area contributed by atoms with E-state index in [2.05, 4.69) is 47.9 Å². The molecular formula is C53H62Cl4N12. The molecule has 0 amide bonds. The zero-order valence-corrected chi connectivity index (χ0v) is 41.6. The lowest BCUT2D eigenvalue weighted by molar-refractivity contribution is -0.407. The molecule has 6 rings (SSSR count). The van der Waals surface area contributed by atoms with Gasteiger partial charge in [0.15, 0.2) is 11.9 Å². The zero-order chi connectivity index (χ0) is 46.3. The van der Waals surface area contributed by atoms with E-state index >= 15 is 0 Å². The van der Waals surface area contributed by atoms with Crippen LogP contribution in [0.3, 0.4) is 0 Å². The van der Waals surface area contributed by atoms with E-state index in [1.54, 1.807) is 33.0 Å². The van der Waals surface area contributed by atoms with Gasteiger partial charge in [-0.05, 0) is 108 Å². The zero-order valence-electron chi connectivity index (χ0n) is 40.6. The second kappa shape index (κ2) is 25.2. The van der Waals surface area contributed by atoms with E-state index in [0.29, 0.717) is 11.4 Å². The van der Waals surface area contributed by atoms with Crippen LogP contribution in [0.25, 0.3) is 0 Å². The van der Waals surface area contributed by atoms with Gasteiger partial charge in [-0.25, -0.2) is 9.15 Å². The van der Waals surface area contributed by atoms with Crippen molar-refractivity contribution in [1.29, 1.82) is 10.8 Å². The minimum Gasteiger partial charge on any atom is -1.00 e. The lowest BCUT2D eigenvalue weighted by Crippen LogP contribution is -3.00. The second-order valence-electron chi connectivity index (χ2n) is 15.8. The predicted octanol–water partition coefficient (Wildman–Crippen LogP) is -5.69. The summed E-state index contributed by atoms with van der Waals surface area (Å²) < 4.78 is 3.43. The molecule has 0 spiro atoms. The van der Waals surface area contributed by atoms with Gasteiger partial charge in [0.05, 0.1) is 14.1 Å². The molecule has 69 heavy (non-hydrogen) atoms. The molecule has 0 saturated heterocycles. The first kappa shape index (κ1) is 59.7. The number of guanidine groups is 4. The molecule has 0 fully saturated rings. The molecule has 0 aliphatic heterocycles. The molecule has 0 bridgehead atoms. The Hall–Kier alpha value is -7.32. The van der Waals surface area contributed by atoms with E-state index in [-0.39, 0.29) is 83.7 Å². The van der Waals surface area contributed by atoms with Crippen LogP contribution in [0.1, 0.15) is 54.8 Å². The van der Waals surface area contributed by atoms with Crippen LogP contribution in [0.5, 0.6) is 0 Å². The Kier molecular flexibility index (Phi) is 21.8. The molecule has 362 valence electrons. The summed E-state index contributed by atoms with van der Waals surface area (Å²) in [6.45, 7) is 4.09. The summed E-state index contributed by atoms with van der Waals surface area (Å²) in [5, 5.41) is 16.5. The van der Waals surface area contributed by atoms with Gasteiger partial charge in [0.1, 0.15) is 22.2 Å². The molecule has 12 nitrogen and oxygen atoms in total. The highest BCUT2D eigenvalue weighted by Crippen LogP contribution is 2.43. The molecule has 0 unspecified atom stereocenters. The van der Waals surface area contributed by atoms with Crippen molar-refractivity contribution in [2.75, 3.05) is 38.0 Å². The maximum atomic E-state index is 8.26. The van der Waals surface area contributed by atoms with Crippen LogP contribution in [0, 0.1) is 48.3 Å². The number of hydrogen-bond acceptors (Lipinski definition) is 2. The Morgan fingerprint density at radius 3 is 1.03 bits per heavy atom. The van der Waals surface area contributed by atoms with Gasteiger partial charge in [-0.15, -0.1) is 0 Å². The highest BCUT2D eigenvalue weighted by Gasteiger charge is 2.38. The smallest absolute Gasteiger partial charge is 1.00 e. The molecule has 2 atom stereocenters. The van der Waals surface area contributed by atoms with Crippen LogP contribution < -0.4 is 93.8 Å². The number of nitrogens with two attached hydrogens (primary N) is 6. The molecule has 0 heterocycles. The third-order valence-corrected chi connectivity index (χ3v) is 11.6. The Balaban J connectivity index is 0. The monoisotopic (exact) mass is 1010 g/mol. The van der Waals surface area contributed by atoms with Gasteiger partial charge in [0.2, 0.25) is 0 Å². The van der Waals surface area contributed by atoms with Crippen molar-refractivity contribution in [3.8, 4) is 23.7 Å². The topological polar surface area (TPSA) is 216 Å². The number of hydrogen-bond donors (Lipinski definition) is 8. The fraction of sp³-hybridized carbons (Fsp3) is 0.170. The minimum atomic E-state index is -1.14. The van der Waals surface area contributed by atoms with E-state index in [1.165, 1.54) is 0 Å². The highest BCUT2D eigenvalue weighted by molar-refractivity contribution is 5.93. The average molecular weight is 1010 g/mol. The summed E-state index contributed by atoms with van der Waals surface area (Å²) in [6, 6.07) is 48.2. The first-order valence-corrected chi connectivity index (χ1v) is 20.5. The Bertz CT molecular complexity index is 2790. The fourth-order valence-electron chi connectivity index (χ4n) is 7.81. The standard InChI is InChI=1S/C52H54N12.CH4.4ClH/c1-35-15-9-17-37(29-35)51(39-19-11-23-43(31-39)61(3)47(53)54,40-20-12-24-44(32-40)62(4)48(55)56)27-7-8-28-52(38-18-10-16-36(2)30-38,41-21-13-25-45(33-41)63(5)49(57)58)42-22-14-26-46(34-42)64(6)50(59)60;;;;;/h9-26,29-34H,1-6H3,(H12,53,54,55,56,57,58,59,60);1H4;4*1H. The Morgan fingerprint density at radius 1 is 0.464 bits per heavy atom. The third-order valence-electron chi connectivity index (χ3n) is 11.6. The minimum absolute atomic E-state index is 0. The van der Waals surface area contributed by atoms with Gasteiger partial charge in [-0.2, -0.15) is 0 Å². The van der Waals surface area contributed by atoms with Gasteiger partial charge >= 0.3 is 14.8 Å². The number of benzene rings is 6. The molecule has 0 aromatic heterocycles. The van der Waals surface area contributed by atoms with Crippen molar-refractivity contribution in [3.05, 3.63) is 190 Å². The SMILES string of the molecule is C.Cc1cccc([C@](C#CC#C[C@@](c2cccc(C)c2)(c2cccc(N(C)C(=N)N)c2)c2cccc([N+](C)=C(N)N)c2)(c2cccc(N(C)C(=N)N)c2)c2cccc([N+](C)=C(N)N)c2)c1.[Cl-].[Cl-].[Cl-].[Cl-].[H+].[H+]. The largest absolute Gasteiger partial charge is 1.00 e. The van der Waals surface area contributed by atoms with Crippen molar-refractivity contribution in [3.63, 3.8) is 0 Å².